The molecule has 2 rings (SSSR count). The minimum Gasteiger partial charge on any atom is -0.490 e. The van der Waals surface area contributed by atoms with Gasteiger partial charge in [-0.25, -0.2) is 4.98 Å². The molecule has 0 fully saturated rings. The lowest BCUT2D eigenvalue weighted by molar-refractivity contribution is 0.264. The molecule has 1 heterocycles. The van der Waals surface area contributed by atoms with Gasteiger partial charge in [-0.1, -0.05) is 12.1 Å². The first-order valence-electron chi connectivity index (χ1n) is 6.70. The fourth-order valence-electron chi connectivity index (χ4n) is 1.91. The average Bonchev–Trinajstić information content (AvgIpc) is 2.49. The lowest BCUT2D eigenvalue weighted by Gasteiger charge is -2.13. The van der Waals surface area contributed by atoms with E-state index in [4.69, 9.17) is 9.47 Å². The predicted molar refractivity (Wildman–Crippen MR) is 84.0 cm³/mol. The largest absolute Gasteiger partial charge is 0.490 e. The highest BCUT2D eigenvalue weighted by Crippen LogP contribution is 2.26. The molecule has 0 bridgehead atoms. The zero-order valence-corrected chi connectivity index (χ0v) is 13.6. The second-order valence-corrected chi connectivity index (χ2v) is 5.19. The van der Waals surface area contributed by atoms with Gasteiger partial charge in [0, 0.05) is 6.20 Å². The summed E-state index contributed by atoms with van der Waals surface area (Å²) in [6.45, 7) is 5.09. The van der Waals surface area contributed by atoms with E-state index >= 15 is 0 Å². The quantitative estimate of drug-likeness (QED) is 0.802. The molecule has 6 heteroatoms. The van der Waals surface area contributed by atoms with E-state index < -0.39 is 0 Å². The van der Waals surface area contributed by atoms with Gasteiger partial charge in [0.25, 0.3) is 5.56 Å². The summed E-state index contributed by atoms with van der Waals surface area (Å²) in [6.07, 6.45) is 1.51. The van der Waals surface area contributed by atoms with E-state index in [2.05, 4.69) is 20.9 Å². The van der Waals surface area contributed by atoms with Crippen LogP contribution < -0.4 is 15.0 Å². The smallest absolute Gasteiger partial charge is 0.267 e. The standard InChI is InChI=1S/C15H17BrN2O3/c1-3-20-13-6-4-5-7-14(13)21-9-8-18-11(2)17-10-12(16)15(18)19/h4-7,10H,3,8-9H2,1-2H3. The van der Waals surface area contributed by atoms with Crippen molar-refractivity contribution in [2.45, 2.75) is 20.4 Å². The third-order valence-electron chi connectivity index (χ3n) is 2.93. The van der Waals surface area contributed by atoms with Crippen LogP contribution in [0.1, 0.15) is 12.7 Å². The van der Waals surface area contributed by atoms with Crippen molar-refractivity contribution < 1.29 is 9.47 Å². The molecule has 5 nitrogen and oxygen atoms in total. The molecule has 1 aromatic carbocycles. The highest BCUT2D eigenvalue weighted by atomic mass is 79.9. The summed E-state index contributed by atoms with van der Waals surface area (Å²) < 4.78 is 13.2. The van der Waals surface area contributed by atoms with Crippen molar-refractivity contribution in [1.82, 2.24) is 9.55 Å². The first-order valence-corrected chi connectivity index (χ1v) is 7.49. The Morgan fingerprint density at radius 3 is 2.57 bits per heavy atom. The van der Waals surface area contributed by atoms with Gasteiger partial charge in [-0.05, 0) is 41.9 Å². The molecule has 1 aromatic heterocycles. The van der Waals surface area contributed by atoms with Crippen molar-refractivity contribution in [2.75, 3.05) is 13.2 Å². The van der Waals surface area contributed by atoms with Gasteiger partial charge >= 0.3 is 0 Å². The topological polar surface area (TPSA) is 53.4 Å². The third kappa shape index (κ3) is 3.85. The van der Waals surface area contributed by atoms with Crippen LogP contribution in [0.4, 0.5) is 0 Å². The summed E-state index contributed by atoms with van der Waals surface area (Å²) in [4.78, 5) is 16.1. The Bertz CT molecular complexity index is 670. The number of hydrogen-bond donors (Lipinski definition) is 0. The Balaban J connectivity index is 2.06. The normalized spacial score (nSPS) is 10.4. The van der Waals surface area contributed by atoms with Gasteiger partial charge in [0.1, 0.15) is 16.9 Å². The van der Waals surface area contributed by atoms with Crippen molar-refractivity contribution in [3.8, 4) is 11.5 Å². The van der Waals surface area contributed by atoms with Gasteiger partial charge in [-0.3, -0.25) is 9.36 Å². The van der Waals surface area contributed by atoms with Crippen LogP contribution in [0.5, 0.6) is 11.5 Å². The molecule has 21 heavy (non-hydrogen) atoms. The van der Waals surface area contributed by atoms with Crippen LogP contribution in [0.3, 0.4) is 0 Å². The summed E-state index contributed by atoms with van der Waals surface area (Å²) >= 11 is 3.19. The Morgan fingerprint density at radius 2 is 1.90 bits per heavy atom. The van der Waals surface area contributed by atoms with Crippen LogP contribution in [0, 0.1) is 6.92 Å². The number of rotatable bonds is 6. The molecule has 0 saturated heterocycles. The molecule has 0 aliphatic heterocycles. The van der Waals surface area contributed by atoms with E-state index in [1.807, 2.05) is 31.2 Å². The predicted octanol–water partition coefficient (Wildman–Crippen LogP) is 2.79. The van der Waals surface area contributed by atoms with E-state index in [1.165, 1.54) is 6.20 Å². The maximum absolute atomic E-state index is 12.0. The highest BCUT2D eigenvalue weighted by Gasteiger charge is 2.07. The summed E-state index contributed by atoms with van der Waals surface area (Å²) in [5.74, 6) is 2.04. The highest BCUT2D eigenvalue weighted by molar-refractivity contribution is 9.10. The molecule has 0 aliphatic rings. The maximum Gasteiger partial charge on any atom is 0.267 e. The monoisotopic (exact) mass is 352 g/mol. The van der Waals surface area contributed by atoms with Crippen molar-refractivity contribution in [3.63, 3.8) is 0 Å². The van der Waals surface area contributed by atoms with Crippen LogP contribution in [0.2, 0.25) is 0 Å². The van der Waals surface area contributed by atoms with Gasteiger partial charge in [-0.2, -0.15) is 0 Å². The van der Waals surface area contributed by atoms with E-state index in [1.54, 1.807) is 11.5 Å². The first kappa shape index (κ1) is 15.6. The summed E-state index contributed by atoms with van der Waals surface area (Å²) in [5, 5.41) is 0. The number of benzene rings is 1. The second-order valence-electron chi connectivity index (χ2n) is 4.34. The molecule has 0 saturated carbocycles. The fraction of sp³-hybridized carbons (Fsp3) is 0.333. The summed E-state index contributed by atoms with van der Waals surface area (Å²) in [5.41, 5.74) is -0.107. The molecule has 0 aliphatic carbocycles. The number of aryl methyl sites for hydroxylation is 1. The molecule has 0 unspecified atom stereocenters. The van der Waals surface area contributed by atoms with Crippen LogP contribution in [-0.4, -0.2) is 22.8 Å². The van der Waals surface area contributed by atoms with Crippen molar-refractivity contribution in [2.24, 2.45) is 0 Å². The number of nitrogens with zero attached hydrogens (tertiary/aromatic N) is 2. The van der Waals surface area contributed by atoms with Crippen LogP contribution in [0.25, 0.3) is 0 Å². The molecule has 0 amide bonds. The number of halogens is 1. The number of hydrogen-bond acceptors (Lipinski definition) is 4. The third-order valence-corrected chi connectivity index (χ3v) is 3.47. The maximum atomic E-state index is 12.0. The molecule has 112 valence electrons. The van der Waals surface area contributed by atoms with Gasteiger partial charge in [0.15, 0.2) is 11.5 Å². The van der Waals surface area contributed by atoms with E-state index in [0.29, 0.717) is 41.6 Å². The average molecular weight is 353 g/mol. The molecular weight excluding hydrogens is 336 g/mol. The minimum absolute atomic E-state index is 0.107. The molecule has 2 aromatic rings. The SMILES string of the molecule is CCOc1ccccc1OCCn1c(C)ncc(Br)c1=O. The fourth-order valence-corrected chi connectivity index (χ4v) is 2.22. The van der Waals surface area contributed by atoms with Crippen molar-refractivity contribution in [3.05, 3.63) is 51.1 Å². The molecule has 0 radical (unpaired) electrons. The van der Waals surface area contributed by atoms with Gasteiger partial charge in [0.2, 0.25) is 0 Å². The summed E-state index contributed by atoms with van der Waals surface area (Å²) in [7, 11) is 0. The van der Waals surface area contributed by atoms with Gasteiger partial charge < -0.3 is 9.47 Å². The minimum atomic E-state index is -0.107. The lowest BCUT2D eigenvalue weighted by Crippen LogP contribution is -2.26. The van der Waals surface area contributed by atoms with Gasteiger partial charge in [0.05, 0.1) is 13.2 Å². The number of ether oxygens (including phenoxy) is 2. The van der Waals surface area contributed by atoms with Crippen LogP contribution in [0.15, 0.2) is 39.7 Å². The lowest BCUT2D eigenvalue weighted by atomic mass is 10.3. The first-order chi connectivity index (χ1) is 10.1. The molecule has 0 N–H and O–H groups in total. The Morgan fingerprint density at radius 1 is 1.24 bits per heavy atom. The van der Waals surface area contributed by atoms with Crippen molar-refractivity contribution >= 4 is 15.9 Å². The molecular formula is C15H17BrN2O3. The zero-order valence-electron chi connectivity index (χ0n) is 12.0. The number of aromatic nitrogens is 2. The second kappa shape index (κ2) is 7.26. The Labute approximate surface area is 131 Å². The van der Waals surface area contributed by atoms with Crippen molar-refractivity contribution in [1.29, 1.82) is 0 Å². The van der Waals surface area contributed by atoms with E-state index in [-0.39, 0.29) is 5.56 Å². The van der Waals surface area contributed by atoms with Crippen LogP contribution >= 0.6 is 15.9 Å². The van der Waals surface area contributed by atoms with Gasteiger partial charge in [-0.15, -0.1) is 0 Å². The molecule has 0 spiro atoms. The Hall–Kier alpha value is -1.82. The summed E-state index contributed by atoms with van der Waals surface area (Å²) in [6, 6.07) is 7.48. The molecule has 0 atom stereocenters. The number of para-hydroxylation sites is 2. The Kier molecular flexibility index (Phi) is 5.38. The van der Waals surface area contributed by atoms with Crippen LogP contribution in [-0.2, 0) is 6.54 Å². The van der Waals surface area contributed by atoms with E-state index in [9.17, 15) is 4.79 Å². The zero-order chi connectivity index (χ0) is 15.2. The van der Waals surface area contributed by atoms with E-state index in [0.717, 1.165) is 0 Å².